The van der Waals surface area contributed by atoms with E-state index in [4.69, 9.17) is 4.74 Å². The summed E-state index contributed by atoms with van der Waals surface area (Å²) in [6.45, 7) is 1.83. The molecule has 2 N–H and O–H groups in total. The van der Waals surface area contributed by atoms with Crippen molar-refractivity contribution in [3.63, 3.8) is 0 Å². The number of nitrogens with zero attached hydrogens (tertiary/aromatic N) is 2. The number of amides is 1. The number of rotatable bonds is 5. The Morgan fingerprint density at radius 1 is 1.32 bits per heavy atom. The number of carboxylic acid groups (broad SMARTS) is 1. The normalized spacial score (nSPS) is 10.3. The SMILES string of the molecule is COc1ccc(CN(C(=O)O)c2cc(CO)c(C)cn2)cc1. The monoisotopic (exact) mass is 302 g/mol. The molecule has 6 nitrogen and oxygen atoms in total. The van der Waals surface area contributed by atoms with Gasteiger partial charge in [0.25, 0.3) is 0 Å². The number of methoxy groups -OCH3 is 1. The number of hydrogen-bond acceptors (Lipinski definition) is 4. The minimum atomic E-state index is -1.10. The minimum Gasteiger partial charge on any atom is -0.497 e. The number of pyridine rings is 1. The van der Waals surface area contributed by atoms with Crippen LogP contribution in [0.15, 0.2) is 36.5 Å². The first-order chi connectivity index (χ1) is 10.5. The summed E-state index contributed by atoms with van der Waals surface area (Å²) in [6.07, 6.45) is 0.459. The fourth-order valence-corrected chi connectivity index (χ4v) is 2.03. The third-order valence-corrected chi connectivity index (χ3v) is 3.38. The number of carbonyl (C=O) groups is 1. The van der Waals surface area contributed by atoms with Crippen LogP contribution < -0.4 is 9.64 Å². The van der Waals surface area contributed by atoms with Crippen LogP contribution in [0.2, 0.25) is 0 Å². The van der Waals surface area contributed by atoms with Crippen molar-refractivity contribution in [2.45, 2.75) is 20.1 Å². The molecule has 0 saturated heterocycles. The molecule has 116 valence electrons. The van der Waals surface area contributed by atoms with E-state index in [1.54, 1.807) is 43.6 Å². The van der Waals surface area contributed by atoms with Crippen molar-refractivity contribution >= 4 is 11.9 Å². The van der Waals surface area contributed by atoms with Gasteiger partial charge in [-0.3, -0.25) is 4.90 Å². The lowest BCUT2D eigenvalue weighted by Gasteiger charge is -2.19. The molecule has 0 atom stereocenters. The molecule has 0 radical (unpaired) electrons. The molecule has 6 heteroatoms. The van der Waals surface area contributed by atoms with E-state index >= 15 is 0 Å². The van der Waals surface area contributed by atoms with Crippen molar-refractivity contribution in [1.29, 1.82) is 0 Å². The third-order valence-electron chi connectivity index (χ3n) is 3.38. The molecule has 2 rings (SSSR count). The Kier molecular flexibility index (Phi) is 4.95. The minimum absolute atomic E-state index is 0.155. The highest BCUT2D eigenvalue weighted by molar-refractivity contribution is 5.84. The molecule has 1 aromatic heterocycles. The molecule has 1 amide bonds. The Morgan fingerprint density at radius 3 is 2.55 bits per heavy atom. The van der Waals surface area contributed by atoms with E-state index in [0.29, 0.717) is 11.3 Å². The highest BCUT2D eigenvalue weighted by Gasteiger charge is 2.17. The van der Waals surface area contributed by atoms with Crippen molar-refractivity contribution in [2.24, 2.45) is 0 Å². The topological polar surface area (TPSA) is 82.9 Å². The average Bonchev–Trinajstić information content (AvgIpc) is 2.53. The molecular formula is C16H18N2O4. The van der Waals surface area contributed by atoms with Gasteiger partial charge in [-0.25, -0.2) is 9.78 Å². The first-order valence-corrected chi connectivity index (χ1v) is 6.75. The maximum atomic E-state index is 11.5. The van der Waals surface area contributed by atoms with Crippen molar-refractivity contribution in [3.05, 3.63) is 53.2 Å². The van der Waals surface area contributed by atoms with E-state index in [1.807, 2.05) is 6.92 Å². The number of aromatic nitrogens is 1. The van der Waals surface area contributed by atoms with Crippen LogP contribution in [0.25, 0.3) is 0 Å². The second kappa shape index (κ2) is 6.91. The van der Waals surface area contributed by atoms with Crippen molar-refractivity contribution < 1.29 is 19.7 Å². The Bertz CT molecular complexity index is 656. The molecule has 2 aromatic rings. The van der Waals surface area contributed by atoms with Gasteiger partial charge in [0.05, 0.1) is 20.3 Å². The van der Waals surface area contributed by atoms with Crippen molar-refractivity contribution in [2.75, 3.05) is 12.0 Å². The van der Waals surface area contributed by atoms with Crippen LogP contribution in [0.4, 0.5) is 10.6 Å². The first kappa shape index (κ1) is 15.8. The molecular weight excluding hydrogens is 284 g/mol. The van der Waals surface area contributed by atoms with E-state index in [1.165, 1.54) is 0 Å². The predicted molar refractivity (Wildman–Crippen MR) is 82.1 cm³/mol. The largest absolute Gasteiger partial charge is 0.497 e. The molecule has 22 heavy (non-hydrogen) atoms. The van der Waals surface area contributed by atoms with Crippen LogP contribution in [-0.4, -0.2) is 28.4 Å². The lowest BCUT2D eigenvalue weighted by molar-refractivity contribution is 0.201. The van der Waals surface area contributed by atoms with Gasteiger partial charge in [0.1, 0.15) is 11.6 Å². The molecule has 0 aliphatic rings. The van der Waals surface area contributed by atoms with Crippen molar-refractivity contribution in [3.8, 4) is 5.75 Å². The summed E-state index contributed by atoms with van der Waals surface area (Å²) in [5, 5.41) is 18.7. The quantitative estimate of drug-likeness (QED) is 0.887. The highest BCUT2D eigenvalue weighted by Crippen LogP contribution is 2.20. The van der Waals surface area contributed by atoms with Gasteiger partial charge in [0, 0.05) is 6.20 Å². The van der Waals surface area contributed by atoms with Gasteiger partial charge in [-0.15, -0.1) is 0 Å². The molecule has 0 spiro atoms. The lowest BCUT2D eigenvalue weighted by Crippen LogP contribution is -2.29. The summed E-state index contributed by atoms with van der Waals surface area (Å²) in [7, 11) is 1.57. The number of anilines is 1. The fraction of sp³-hybridized carbons (Fsp3) is 0.250. The van der Waals surface area contributed by atoms with E-state index in [0.717, 1.165) is 16.0 Å². The number of hydrogen-bond donors (Lipinski definition) is 2. The van der Waals surface area contributed by atoms with Gasteiger partial charge in [0.2, 0.25) is 0 Å². The van der Waals surface area contributed by atoms with E-state index < -0.39 is 6.09 Å². The summed E-state index contributed by atoms with van der Waals surface area (Å²) >= 11 is 0. The molecule has 0 unspecified atom stereocenters. The lowest BCUT2D eigenvalue weighted by atomic mass is 10.1. The molecule has 1 heterocycles. The van der Waals surface area contributed by atoms with Crippen molar-refractivity contribution in [1.82, 2.24) is 4.98 Å². The zero-order valence-electron chi connectivity index (χ0n) is 12.5. The third kappa shape index (κ3) is 3.53. The smallest absolute Gasteiger partial charge is 0.413 e. The maximum Gasteiger partial charge on any atom is 0.413 e. The average molecular weight is 302 g/mol. The Labute approximate surface area is 128 Å². The first-order valence-electron chi connectivity index (χ1n) is 6.75. The Balaban J connectivity index is 2.27. The standard InChI is InChI=1S/C16H18N2O4/c1-11-8-17-15(7-13(11)10-19)18(16(20)21)9-12-3-5-14(22-2)6-4-12/h3-8,19H,9-10H2,1-2H3,(H,20,21). The van der Waals surface area contributed by atoms with Gasteiger partial charge in [-0.2, -0.15) is 0 Å². The van der Waals surface area contributed by atoms with E-state index in [9.17, 15) is 15.0 Å². The van der Waals surface area contributed by atoms with Crippen LogP contribution in [0.3, 0.4) is 0 Å². The molecule has 0 fully saturated rings. The van der Waals surface area contributed by atoms with Crippen LogP contribution >= 0.6 is 0 Å². The summed E-state index contributed by atoms with van der Waals surface area (Å²) in [5.41, 5.74) is 2.29. The number of ether oxygens (including phenoxy) is 1. The van der Waals surface area contributed by atoms with Gasteiger partial charge in [-0.05, 0) is 41.8 Å². The van der Waals surface area contributed by atoms with E-state index in [-0.39, 0.29) is 19.0 Å². The number of aryl methyl sites for hydroxylation is 1. The molecule has 0 bridgehead atoms. The van der Waals surface area contributed by atoms with Gasteiger partial charge in [0.15, 0.2) is 0 Å². The zero-order chi connectivity index (χ0) is 16.1. The molecule has 0 saturated carbocycles. The van der Waals surface area contributed by atoms with E-state index in [2.05, 4.69) is 4.98 Å². The summed E-state index contributed by atoms with van der Waals surface area (Å²) in [5.74, 6) is 1.000. The summed E-state index contributed by atoms with van der Waals surface area (Å²) < 4.78 is 5.08. The number of benzene rings is 1. The Morgan fingerprint density at radius 2 is 2.00 bits per heavy atom. The van der Waals surface area contributed by atoms with Gasteiger partial charge >= 0.3 is 6.09 Å². The molecule has 0 aliphatic carbocycles. The molecule has 1 aromatic carbocycles. The van der Waals surface area contributed by atoms with Gasteiger partial charge in [-0.1, -0.05) is 12.1 Å². The van der Waals surface area contributed by atoms with Crippen LogP contribution in [0.5, 0.6) is 5.75 Å². The fourth-order valence-electron chi connectivity index (χ4n) is 2.03. The predicted octanol–water partition coefficient (Wildman–Crippen LogP) is 2.58. The second-order valence-electron chi connectivity index (χ2n) is 4.84. The molecule has 0 aliphatic heterocycles. The number of aliphatic hydroxyl groups excluding tert-OH is 1. The van der Waals surface area contributed by atoms with Gasteiger partial charge < -0.3 is 14.9 Å². The number of aliphatic hydroxyl groups is 1. The van der Waals surface area contributed by atoms with Crippen LogP contribution in [-0.2, 0) is 13.2 Å². The summed E-state index contributed by atoms with van der Waals surface area (Å²) in [4.78, 5) is 16.8. The Hall–Kier alpha value is -2.60. The summed E-state index contributed by atoms with van der Waals surface area (Å²) in [6, 6.07) is 8.74. The van der Waals surface area contributed by atoms with Crippen LogP contribution in [0.1, 0.15) is 16.7 Å². The second-order valence-corrected chi connectivity index (χ2v) is 4.84. The maximum absolute atomic E-state index is 11.5. The van der Waals surface area contributed by atoms with Crippen LogP contribution in [0, 0.1) is 6.92 Å². The highest BCUT2D eigenvalue weighted by atomic mass is 16.5. The zero-order valence-corrected chi connectivity index (χ0v) is 12.5.